The van der Waals surface area contributed by atoms with Crippen molar-refractivity contribution in [1.82, 2.24) is 4.57 Å². The molecular weight excluding hydrogens is 457 g/mol. The topological polar surface area (TPSA) is 49.0 Å². The molecule has 7 heteroatoms. The monoisotopic (exact) mass is 477 g/mol. The minimum atomic E-state index is -0.518. The number of rotatable bonds is 3. The molecule has 0 bridgehead atoms. The second-order valence-electron chi connectivity index (χ2n) is 9.12. The zero-order chi connectivity index (χ0) is 23.3. The average molecular weight is 478 g/mol. The number of carbonyl (C=O) groups excluding carboxylic acids is 1. The van der Waals surface area contributed by atoms with Crippen LogP contribution >= 0.6 is 22.9 Å². The van der Waals surface area contributed by atoms with E-state index in [-0.39, 0.29) is 16.2 Å². The van der Waals surface area contributed by atoms with Gasteiger partial charge in [0, 0.05) is 40.6 Å². The van der Waals surface area contributed by atoms with Gasteiger partial charge in [0.1, 0.15) is 11.6 Å². The van der Waals surface area contributed by atoms with Gasteiger partial charge in [-0.05, 0) is 53.6 Å². The standard InChI is InChI=1S/C26H21ClFN3OS/c1-26(2)13-20-24(21(32)14-26)23(22-6-5-11-33-22)17(15-29)25(30-9-3-4-10-30)31(20)16-7-8-19(28)18(27)12-16/h3-12,23H,13-14H2,1-2H3. The van der Waals surface area contributed by atoms with E-state index in [2.05, 4.69) is 19.9 Å². The molecular formula is C26H21ClFN3OS. The van der Waals surface area contributed by atoms with Gasteiger partial charge in [-0.3, -0.25) is 9.69 Å². The van der Waals surface area contributed by atoms with Gasteiger partial charge >= 0.3 is 0 Å². The molecule has 1 unspecified atom stereocenters. The van der Waals surface area contributed by atoms with E-state index < -0.39 is 11.7 Å². The molecule has 2 aromatic heterocycles. The van der Waals surface area contributed by atoms with Gasteiger partial charge in [-0.15, -0.1) is 11.3 Å². The van der Waals surface area contributed by atoms with Crippen LogP contribution in [0.25, 0.3) is 5.82 Å². The molecule has 2 aliphatic rings. The van der Waals surface area contributed by atoms with E-state index in [1.807, 2.05) is 51.5 Å². The van der Waals surface area contributed by atoms with Crippen molar-refractivity contribution in [3.63, 3.8) is 0 Å². The van der Waals surface area contributed by atoms with Gasteiger partial charge in [0.05, 0.1) is 22.6 Å². The van der Waals surface area contributed by atoms with Crippen LogP contribution in [-0.4, -0.2) is 10.4 Å². The predicted octanol–water partition coefficient (Wildman–Crippen LogP) is 6.98. The van der Waals surface area contributed by atoms with Crippen molar-refractivity contribution in [3.8, 4) is 6.07 Å². The smallest absolute Gasteiger partial charge is 0.162 e. The van der Waals surface area contributed by atoms with Crippen LogP contribution in [0, 0.1) is 22.6 Å². The lowest BCUT2D eigenvalue weighted by Gasteiger charge is -2.44. The number of thiophene rings is 1. The molecule has 1 aliphatic heterocycles. The highest BCUT2D eigenvalue weighted by molar-refractivity contribution is 7.10. The van der Waals surface area contributed by atoms with Crippen molar-refractivity contribution in [2.24, 2.45) is 5.41 Å². The quantitative estimate of drug-likeness (QED) is 0.408. The van der Waals surface area contributed by atoms with E-state index in [1.165, 1.54) is 17.4 Å². The molecule has 0 fully saturated rings. The van der Waals surface area contributed by atoms with Crippen LogP contribution in [0.15, 0.2) is 77.1 Å². The Bertz CT molecular complexity index is 1350. The Balaban J connectivity index is 1.87. The molecule has 4 nitrogen and oxygen atoms in total. The predicted molar refractivity (Wildman–Crippen MR) is 129 cm³/mol. The maximum absolute atomic E-state index is 14.1. The SMILES string of the molecule is CC1(C)CC(=O)C2=C(C1)N(c1ccc(F)c(Cl)c1)C(n1cccc1)=C(C#N)C2c1cccs1. The van der Waals surface area contributed by atoms with Gasteiger partial charge in [-0.1, -0.05) is 31.5 Å². The first-order valence-electron chi connectivity index (χ1n) is 10.6. The van der Waals surface area contributed by atoms with Crippen molar-refractivity contribution in [2.45, 2.75) is 32.6 Å². The average Bonchev–Trinajstić information content (AvgIpc) is 3.47. The molecule has 0 radical (unpaired) electrons. The van der Waals surface area contributed by atoms with E-state index in [1.54, 1.807) is 12.1 Å². The highest BCUT2D eigenvalue weighted by atomic mass is 35.5. The third-order valence-corrected chi connectivity index (χ3v) is 7.38. The molecule has 1 aromatic carbocycles. The normalized spacial score (nSPS) is 20.2. The zero-order valence-corrected chi connectivity index (χ0v) is 19.8. The van der Waals surface area contributed by atoms with Crippen LogP contribution in [0.5, 0.6) is 0 Å². The molecule has 0 amide bonds. The highest BCUT2D eigenvalue weighted by Crippen LogP contribution is 2.52. The first kappa shape index (κ1) is 21.7. The molecule has 1 aliphatic carbocycles. The molecule has 0 saturated carbocycles. The summed E-state index contributed by atoms with van der Waals surface area (Å²) in [4.78, 5) is 16.5. The first-order chi connectivity index (χ1) is 15.8. The molecule has 5 rings (SSSR count). The molecule has 0 saturated heterocycles. The molecule has 1 atom stereocenters. The summed E-state index contributed by atoms with van der Waals surface area (Å²) in [7, 11) is 0. The van der Waals surface area contributed by atoms with Crippen LogP contribution in [-0.2, 0) is 4.79 Å². The lowest BCUT2D eigenvalue weighted by molar-refractivity contribution is -0.118. The van der Waals surface area contributed by atoms with Crippen molar-refractivity contribution in [1.29, 1.82) is 5.26 Å². The summed E-state index contributed by atoms with van der Waals surface area (Å²) in [5.74, 6) is -0.293. The Hall–Kier alpha value is -3.14. The first-order valence-corrected chi connectivity index (χ1v) is 11.9. The second-order valence-corrected chi connectivity index (χ2v) is 10.5. The van der Waals surface area contributed by atoms with Gasteiger partial charge in [-0.2, -0.15) is 5.26 Å². The zero-order valence-electron chi connectivity index (χ0n) is 18.2. The summed E-state index contributed by atoms with van der Waals surface area (Å²) in [6, 6.07) is 14.6. The van der Waals surface area contributed by atoms with Crippen LogP contribution in [0.2, 0.25) is 5.02 Å². The molecule has 33 heavy (non-hydrogen) atoms. The Morgan fingerprint density at radius 2 is 1.94 bits per heavy atom. The number of halogens is 2. The van der Waals surface area contributed by atoms with Crippen molar-refractivity contribution in [3.05, 3.63) is 92.8 Å². The van der Waals surface area contributed by atoms with Gasteiger partial charge in [0.2, 0.25) is 0 Å². The van der Waals surface area contributed by atoms with Crippen LogP contribution < -0.4 is 4.90 Å². The Morgan fingerprint density at radius 1 is 1.18 bits per heavy atom. The molecule has 166 valence electrons. The minimum absolute atomic E-state index is 0.0122. The van der Waals surface area contributed by atoms with Crippen LogP contribution in [0.1, 0.15) is 37.5 Å². The maximum atomic E-state index is 14.1. The number of Topliss-reactive ketones (excluding diaryl/α,β-unsaturated/α-hetero) is 1. The summed E-state index contributed by atoms with van der Waals surface area (Å²) in [5.41, 5.74) is 2.30. The number of carbonyl (C=O) groups is 1. The Morgan fingerprint density at radius 3 is 2.58 bits per heavy atom. The summed E-state index contributed by atoms with van der Waals surface area (Å²) >= 11 is 7.71. The highest BCUT2D eigenvalue weighted by Gasteiger charge is 2.45. The number of benzene rings is 1. The fourth-order valence-corrected chi connectivity index (χ4v) is 5.86. The van der Waals surface area contributed by atoms with Gasteiger partial charge in [0.25, 0.3) is 0 Å². The molecule has 0 N–H and O–H groups in total. The van der Waals surface area contributed by atoms with Gasteiger partial charge in [0.15, 0.2) is 5.78 Å². The number of hydrogen-bond donors (Lipinski definition) is 0. The Kier molecular flexibility index (Phi) is 5.27. The molecule has 3 heterocycles. The van der Waals surface area contributed by atoms with Crippen molar-refractivity contribution >= 4 is 40.2 Å². The summed E-state index contributed by atoms with van der Waals surface area (Å²) < 4.78 is 15.9. The van der Waals surface area contributed by atoms with E-state index in [0.717, 1.165) is 10.6 Å². The largest absolute Gasteiger partial charge is 0.309 e. The van der Waals surface area contributed by atoms with E-state index >= 15 is 0 Å². The molecule has 3 aromatic rings. The van der Waals surface area contributed by atoms with Gasteiger partial charge < -0.3 is 4.57 Å². The molecule has 0 spiro atoms. The number of aromatic nitrogens is 1. The lowest BCUT2D eigenvalue weighted by Crippen LogP contribution is -2.40. The third kappa shape index (κ3) is 3.62. The van der Waals surface area contributed by atoms with Crippen molar-refractivity contribution < 1.29 is 9.18 Å². The minimum Gasteiger partial charge on any atom is -0.309 e. The second kappa shape index (κ2) is 8.02. The number of nitrogens with zero attached hydrogens (tertiary/aromatic N) is 3. The Labute approximate surface area is 200 Å². The summed E-state index contributed by atoms with van der Waals surface area (Å²) in [6.45, 7) is 4.15. The lowest BCUT2D eigenvalue weighted by atomic mass is 9.69. The number of anilines is 1. The number of allylic oxidation sites excluding steroid dienone is 3. The van der Waals surface area contributed by atoms with Crippen molar-refractivity contribution in [2.75, 3.05) is 4.90 Å². The third-order valence-electron chi connectivity index (χ3n) is 6.15. The summed E-state index contributed by atoms with van der Waals surface area (Å²) in [6.07, 6.45) is 4.78. The van der Waals surface area contributed by atoms with Crippen LogP contribution in [0.3, 0.4) is 0 Å². The maximum Gasteiger partial charge on any atom is 0.162 e. The van der Waals surface area contributed by atoms with Crippen LogP contribution in [0.4, 0.5) is 10.1 Å². The fraction of sp³-hybridized carbons (Fsp3) is 0.231. The van der Waals surface area contributed by atoms with E-state index in [4.69, 9.17) is 11.6 Å². The number of nitriles is 1. The number of ketones is 1. The fourth-order valence-electron chi connectivity index (χ4n) is 4.84. The van der Waals surface area contributed by atoms with E-state index in [0.29, 0.717) is 35.5 Å². The van der Waals surface area contributed by atoms with Gasteiger partial charge in [-0.25, -0.2) is 4.39 Å². The summed E-state index contributed by atoms with van der Waals surface area (Å²) in [5, 5.41) is 12.4. The number of hydrogen-bond acceptors (Lipinski definition) is 4. The van der Waals surface area contributed by atoms with E-state index in [9.17, 15) is 14.4 Å².